The number of benzene rings is 2. The highest BCUT2D eigenvalue weighted by Crippen LogP contribution is 2.30. The van der Waals surface area contributed by atoms with Crippen molar-refractivity contribution in [3.63, 3.8) is 0 Å². The summed E-state index contributed by atoms with van der Waals surface area (Å²) in [7, 11) is -2.27. The highest BCUT2D eigenvalue weighted by atomic mass is 32.2. The number of sulfonamides is 1. The van der Waals surface area contributed by atoms with E-state index in [1.54, 1.807) is 35.7 Å². The van der Waals surface area contributed by atoms with E-state index in [2.05, 4.69) is 17.4 Å². The number of thiophene rings is 1. The molecular formula is C23H26N2O3S2. The molecule has 0 fully saturated rings. The normalized spacial score (nSPS) is 12.4. The Balaban J connectivity index is 1.70. The minimum atomic E-state index is -3.75. The third kappa shape index (κ3) is 5.09. The monoisotopic (exact) mass is 442 g/mol. The first-order valence-electron chi connectivity index (χ1n) is 9.77. The molecule has 0 aliphatic carbocycles. The number of nitrogens with zero attached hydrogens (tertiary/aromatic N) is 1. The van der Waals surface area contributed by atoms with Gasteiger partial charge in [-0.1, -0.05) is 48.0 Å². The minimum Gasteiger partial charge on any atom is -0.349 e. The van der Waals surface area contributed by atoms with Crippen LogP contribution in [0.4, 0.5) is 5.69 Å². The molecule has 3 rings (SSSR count). The zero-order chi connectivity index (χ0) is 21.7. The van der Waals surface area contributed by atoms with Crippen molar-refractivity contribution in [1.82, 2.24) is 5.32 Å². The fraction of sp³-hybridized carbons (Fsp3) is 0.261. The van der Waals surface area contributed by atoms with Crippen molar-refractivity contribution in [2.45, 2.75) is 37.6 Å². The number of hydrogen-bond acceptors (Lipinski definition) is 4. The van der Waals surface area contributed by atoms with Crippen LogP contribution in [0.25, 0.3) is 0 Å². The van der Waals surface area contributed by atoms with E-state index in [1.165, 1.54) is 28.3 Å². The van der Waals surface area contributed by atoms with Crippen molar-refractivity contribution in [1.29, 1.82) is 0 Å². The van der Waals surface area contributed by atoms with Crippen LogP contribution in [0.1, 0.15) is 34.1 Å². The van der Waals surface area contributed by atoms with Crippen molar-refractivity contribution >= 4 is 33.0 Å². The zero-order valence-electron chi connectivity index (χ0n) is 17.3. The molecule has 0 aliphatic rings. The number of nitrogens with one attached hydrogen (secondary N) is 1. The van der Waals surface area contributed by atoms with Crippen LogP contribution < -0.4 is 9.62 Å². The summed E-state index contributed by atoms with van der Waals surface area (Å²) in [6.45, 7) is 3.86. The van der Waals surface area contributed by atoms with Gasteiger partial charge >= 0.3 is 0 Å². The molecule has 158 valence electrons. The van der Waals surface area contributed by atoms with Crippen LogP contribution in [0.3, 0.4) is 0 Å². The van der Waals surface area contributed by atoms with Gasteiger partial charge in [-0.3, -0.25) is 9.10 Å². The Kier molecular flexibility index (Phi) is 6.95. The summed E-state index contributed by atoms with van der Waals surface area (Å²) < 4.78 is 27.2. The van der Waals surface area contributed by atoms with Gasteiger partial charge in [0.25, 0.3) is 15.9 Å². The van der Waals surface area contributed by atoms with Gasteiger partial charge in [-0.2, -0.15) is 0 Å². The van der Waals surface area contributed by atoms with E-state index in [0.717, 1.165) is 18.4 Å². The van der Waals surface area contributed by atoms with Gasteiger partial charge in [0.05, 0.1) is 10.6 Å². The molecule has 0 aliphatic heterocycles. The van der Waals surface area contributed by atoms with E-state index in [9.17, 15) is 13.2 Å². The van der Waals surface area contributed by atoms with Crippen LogP contribution in [0, 0.1) is 6.92 Å². The lowest BCUT2D eigenvalue weighted by Gasteiger charge is -2.20. The topological polar surface area (TPSA) is 66.5 Å². The van der Waals surface area contributed by atoms with Gasteiger partial charge in [-0.05, 0) is 55.8 Å². The number of hydrogen-bond donors (Lipinski definition) is 1. The number of anilines is 1. The Bertz CT molecular complexity index is 1090. The SMILES string of the molecule is Cc1ccc(S(=O)(=O)N(C)c2ccsc2C(=O)N[C@H](C)CCc2ccccc2)cc1. The second-order valence-electron chi connectivity index (χ2n) is 7.32. The molecule has 30 heavy (non-hydrogen) atoms. The molecule has 0 unspecified atom stereocenters. The molecular weight excluding hydrogens is 416 g/mol. The van der Waals surface area contributed by atoms with E-state index in [-0.39, 0.29) is 16.8 Å². The van der Waals surface area contributed by atoms with Gasteiger partial charge in [0.15, 0.2) is 0 Å². The summed E-state index contributed by atoms with van der Waals surface area (Å²) in [5.74, 6) is -0.258. The highest BCUT2D eigenvalue weighted by molar-refractivity contribution is 7.92. The average Bonchev–Trinajstić information content (AvgIpc) is 3.22. The van der Waals surface area contributed by atoms with E-state index >= 15 is 0 Å². The molecule has 0 bridgehead atoms. The summed E-state index contributed by atoms with van der Waals surface area (Å²) in [4.78, 5) is 13.4. The fourth-order valence-corrected chi connectivity index (χ4v) is 5.20. The molecule has 1 amide bonds. The summed E-state index contributed by atoms with van der Waals surface area (Å²) in [5, 5.41) is 4.73. The molecule has 0 spiro atoms. The standard InChI is InChI=1S/C23H26N2O3S2/c1-17-9-13-20(14-10-17)30(27,28)25(3)21-15-16-29-22(21)23(26)24-18(2)11-12-19-7-5-4-6-8-19/h4-10,13-16,18H,11-12H2,1-3H3,(H,24,26)/t18-/m1/s1. The summed E-state index contributed by atoms with van der Waals surface area (Å²) in [6.07, 6.45) is 1.66. The van der Waals surface area contributed by atoms with Gasteiger partial charge in [-0.15, -0.1) is 11.3 Å². The van der Waals surface area contributed by atoms with Crippen molar-refractivity contribution < 1.29 is 13.2 Å². The molecule has 2 aromatic carbocycles. The molecule has 1 aromatic heterocycles. The fourth-order valence-electron chi connectivity index (χ4n) is 3.11. The Morgan fingerprint density at radius 3 is 2.40 bits per heavy atom. The minimum absolute atomic E-state index is 0.0355. The van der Waals surface area contributed by atoms with Crippen molar-refractivity contribution in [3.8, 4) is 0 Å². The van der Waals surface area contributed by atoms with Gasteiger partial charge in [0.2, 0.25) is 0 Å². The highest BCUT2D eigenvalue weighted by Gasteiger charge is 2.26. The molecule has 1 heterocycles. The van der Waals surface area contributed by atoms with Crippen LogP contribution in [0.5, 0.6) is 0 Å². The van der Waals surface area contributed by atoms with Crippen LogP contribution in [0.15, 0.2) is 70.9 Å². The lowest BCUT2D eigenvalue weighted by molar-refractivity contribution is 0.0943. The Morgan fingerprint density at radius 1 is 1.07 bits per heavy atom. The lowest BCUT2D eigenvalue weighted by Crippen LogP contribution is -2.34. The van der Waals surface area contributed by atoms with E-state index in [1.807, 2.05) is 32.0 Å². The zero-order valence-corrected chi connectivity index (χ0v) is 19.0. The molecule has 1 atom stereocenters. The molecule has 0 radical (unpaired) electrons. The van der Waals surface area contributed by atoms with Gasteiger partial charge in [0, 0.05) is 13.1 Å². The Labute approximate surface area is 182 Å². The quantitative estimate of drug-likeness (QED) is 0.553. The Morgan fingerprint density at radius 2 is 1.73 bits per heavy atom. The first kappa shape index (κ1) is 22.1. The third-order valence-electron chi connectivity index (χ3n) is 4.96. The van der Waals surface area contributed by atoms with E-state index < -0.39 is 10.0 Å². The number of aryl methyl sites for hydroxylation is 2. The number of carbonyl (C=O) groups excluding carboxylic acids is 1. The maximum absolute atomic E-state index is 13.0. The number of carbonyl (C=O) groups is 1. The van der Waals surface area contributed by atoms with Crippen LogP contribution in [0.2, 0.25) is 0 Å². The van der Waals surface area contributed by atoms with Crippen LogP contribution in [-0.2, 0) is 16.4 Å². The molecule has 3 aromatic rings. The molecule has 1 N–H and O–H groups in total. The first-order valence-corrected chi connectivity index (χ1v) is 12.1. The predicted octanol–water partition coefficient (Wildman–Crippen LogP) is 4.63. The first-order chi connectivity index (χ1) is 14.3. The maximum Gasteiger partial charge on any atom is 0.264 e. The third-order valence-corrected chi connectivity index (χ3v) is 7.64. The van der Waals surface area contributed by atoms with Gasteiger partial charge < -0.3 is 5.32 Å². The second-order valence-corrected chi connectivity index (χ2v) is 10.2. The lowest BCUT2D eigenvalue weighted by atomic mass is 10.1. The maximum atomic E-state index is 13.0. The van der Waals surface area contributed by atoms with Crippen LogP contribution >= 0.6 is 11.3 Å². The summed E-state index contributed by atoms with van der Waals surface area (Å²) in [5.41, 5.74) is 2.59. The van der Waals surface area contributed by atoms with E-state index in [0.29, 0.717) is 10.6 Å². The molecule has 5 nitrogen and oxygen atoms in total. The summed E-state index contributed by atoms with van der Waals surface area (Å²) in [6, 6.07) is 18.4. The molecule has 0 saturated carbocycles. The Hall–Kier alpha value is -2.64. The van der Waals surface area contributed by atoms with Gasteiger partial charge in [-0.25, -0.2) is 8.42 Å². The average molecular weight is 443 g/mol. The molecule has 0 saturated heterocycles. The molecule has 7 heteroatoms. The second kappa shape index (κ2) is 9.45. The van der Waals surface area contributed by atoms with Gasteiger partial charge in [0.1, 0.15) is 4.88 Å². The number of rotatable bonds is 8. The van der Waals surface area contributed by atoms with Crippen molar-refractivity contribution in [2.75, 3.05) is 11.4 Å². The summed E-state index contributed by atoms with van der Waals surface area (Å²) >= 11 is 1.24. The van der Waals surface area contributed by atoms with Crippen LogP contribution in [-0.4, -0.2) is 27.4 Å². The largest absolute Gasteiger partial charge is 0.349 e. The van der Waals surface area contributed by atoms with Crippen molar-refractivity contribution in [3.05, 3.63) is 82.0 Å². The predicted molar refractivity (Wildman–Crippen MR) is 123 cm³/mol. The van der Waals surface area contributed by atoms with Crippen molar-refractivity contribution in [2.24, 2.45) is 0 Å². The number of amides is 1. The smallest absolute Gasteiger partial charge is 0.264 e. The van der Waals surface area contributed by atoms with E-state index in [4.69, 9.17) is 0 Å².